The summed E-state index contributed by atoms with van der Waals surface area (Å²) in [6.45, 7) is 1.81. The predicted octanol–water partition coefficient (Wildman–Crippen LogP) is 6.23. The summed E-state index contributed by atoms with van der Waals surface area (Å²) in [6, 6.07) is 30.1. The second-order valence-corrected chi connectivity index (χ2v) is 10.5. The lowest BCUT2D eigenvalue weighted by Crippen LogP contribution is -2.30. The molecule has 0 bridgehead atoms. The normalized spacial score (nSPS) is 11.6. The van der Waals surface area contributed by atoms with E-state index >= 15 is 0 Å². The molecule has 0 spiro atoms. The lowest BCUT2D eigenvalue weighted by atomic mass is 10.1. The zero-order valence-corrected chi connectivity index (χ0v) is 24.2. The molecule has 4 aromatic carbocycles. The molecule has 42 heavy (non-hydrogen) atoms. The summed E-state index contributed by atoms with van der Waals surface area (Å²) in [6.07, 6.45) is 1.60. The molecule has 1 atom stereocenters. The van der Waals surface area contributed by atoms with E-state index in [1.165, 1.54) is 11.8 Å². The monoisotopic (exact) mass is 581 g/mol. The van der Waals surface area contributed by atoms with E-state index in [2.05, 4.69) is 16.0 Å². The Kier molecular flexibility index (Phi) is 10.4. The van der Waals surface area contributed by atoms with E-state index in [9.17, 15) is 14.4 Å². The number of benzene rings is 4. The van der Waals surface area contributed by atoms with E-state index in [-0.39, 0.29) is 11.6 Å². The fourth-order valence-electron chi connectivity index (χ4n) is 3.83. The summed E-state index contributed by atoms with van der Waals surface area (Å²) in [5, 5.41) is 8.09. The fourth-order valence-corrected chi connectivity index (χ4v) is 4.76. The minimum atomic E-state index is -0.498. The van der Waals surface area contributed by atoms with Crippen molar-refractivity contribution in [1.29, 1.82) is 0 Å². The Bertz CT molecular complexity index is 1560. The maximum atomic E-state index is 13.4. The third-order valence-electron chi connectivity index (χ3n) is 6.09. The first kappa shape index (κ1) is 30.0. The van der Waals surface area contributed by atoms with E-state index in [1.807, 2.05) is 19.1 Å². The first-order valence-electron chi connectivity index (χ1n) is 13.1. The van der Waals surface area contributed by atoms with Crippen LogP contribution >= 0.6 is 11.8 Å². The largest absolute Gasteiger partial charge is 0.497 e. The number of ether oxygens (including phenoxy) is 2. The number of anilines is 2. The second-order valence-electron chi connectivity index (χ2n) is 9.11. The molecule has 3 amide bonds. The molecule has 0 aromatic heterocycles. The maximum Gasteiger partial charge on any atom is 0.272 e. The number of rotatable bonds is 11. The average molecular weight is 582 g/mol. The Balaban J connectivity index is 1.46. The Hall–Kier alpha value is -5.02. The highest BCUT2D eigenvalue weighted by Crippen LogP contribution is 2.27. The van der Waals surface area contributed by atoms with Crippen LogP contribution in [0.4, 0.5) is 11.4 Å². The van der Waals surface area contributed by atoms with Crippen molar-refractivity contribution < 1.29 is 23.9 Å². The van der Waals surface area contributed by atoms with Gasteiger partial charge in [-0.2, -0.15) is 0 Å². The lowest BCUT2D eigenvalue weighted by molar-refractivity contribution is -0.115. The highest BCUT2D eigenvalue weighted by atomic mass is 32.2. The first-order chi connectivity index (χ1) is 20.3. The van der Waals surface area contributed by atoms with Gasteiger partial charge in [-0.15, -0.1) is 11.8 Å². The highest BCUT2D eigenvalue weighted by Gasteiger charge is 2.17. The van der Waals surface area contributed by atoms with Crippen molar-refractivity contribution in [2.24, 2.45) is 0 Å². The third kappa shape index (κ3) is 8.49. The summed E-state index contributed by atoms with van der Waals surface area (Å²) >= 11 is 1.36. The molecule has 214 valence electrons. The summed E-state index contributed by atoms with van der Waals surface area (Å²) < 4.78 is 10.4. The number of amides is 3. The van der Waals surface area contributed by atoms with E-state index in [0.29, 0.717) is 34.0 Å². The minimum Gasteiger partial charge on any atom is -0.497 e. The Morgan fingerprint density at radius 3 is 2.02 bits per heavy atom. The zero-order chi connectivity index (χ0) is 29.9. The van der Waals surface area contributed by atoms with Crippen LogP contribution in [0.1, 0.15) is 22.8 Å². The number of hydrogen-bond donors (Lipinski definition) is 3. The summed E-state index contributed by atoms with van der Waals surface area (Å²) in [5.74, 6) is 0.311. The van der Waals surface area contributed by atoms with Crippen molar-refractivity contribution >= 4 is 46.9 Å². The quantitative estimate of drug-likeness (QED) is 0.143. The van der Waals surface area contributed by atoms with Crippen molar-refractivity contribution in [3.05, 3.63) is 120 Å². The number of carbonyl (C=O) groups excluding carboxylic acids is 3. The molecule has 4 rings (SSSR count). The van der Waals surface area contributed by atoms with Gasteiger partial charge in [0.1, 0.15) is 17.2 Å². The molecule has 1 unspecified atom stereocenters. The predicted molar refractivity (Wildman–Crippen MR) is 167 cm³/mol. The summed E-state index contributed by atoms with van der Waals surface area (Å²) in [7, 11) is 3.16. The highest BCUT2D eigenvalue weighted by molar-refractivity contribution is 8.00. The van der Waals surface area contributed by atoms with E-state index < -0.39 is 17.1 Å². The molecule has 0 aliphatic rings. The molecule has 0 radical (unpaired) electrons. The molecule has 0 saturated carbocycles. The van der Waals surface area contributed by atoms with Crippen LogP contribution in [-0.4, -0.2) is 37.2 Å². The van der Waals surface area contributed by atoms with Crippen LogP contribution in [0.25, 0.3) is 6.08 Å². The van der Waals surface area contributed by atoms with Crippen LogP contribution in [0.15, 0.2) is 114 Å². The second kappa shape index (κ2) is 14.6. The van der Waals surface area contributed by atoms with E-state index in [0.717, 1.165) is 4.90 Å². The van der Waals surface area contributed by atoms with Gasteiger partial charge in [0.25, 0.3) is 11.8 Å². The van der Waals surface area contributed by atoms with Crippen molar-refractivity contribution in [3.8, 4) is 11.5 Å². The third-order valence-corrected chi connectivity index (χ3v) is 7.18. The van der Waals surface area contributed by atoms with Crippen LogP contribution in [0, 0.1) is 0 Å². The summed E-state index contributed by atoms with van der Waals surface area (Å²) in [5.41, 5.74) is 2.38. The fraction of sp³-hybridized carbons (Fsp3) is 0.121. The average Bonchev–Trinajstić information content (AvgIpc) is 3.02. The molecule has 0 saturated heterocycles. The Labute approximate surface area is 249 Å². The van der Waals surface area contributed by atoms with E-state index in [4.69, 9.17) is 9.47 Å². The Morgan fingerprint density at radius 2 is 1.38 bits per heavy atom. The number of nitrogens with one attached hydrogen (secondary N) is 3. The van der Waals surface area contributed by atoms with Crippen LogP contribution in [-0.2, 0) is 9.59 Å². The molecule has 4 aromatic rings. The number of methoxy groups -OCH3 is 2. The van der Waals surface area contributed by atoms with Gasteiger partial charge in [-0.25, -0.2) is 0 Å². The summed E-state index contributed by atoms with van der Waals surface area (Å²) in [4.78, 5) is 39.9. The maximum absolute atomic E-state index is 13.4. The minimum absolute atomic E-state index is 0.0688. The van der Waals surface area contributed by atoms with Gasteiger partial charge in [0.05, 0.1) is 19.5 Å². The van der Waals surface area contributed by atoms with Crippen LogP contribution < -0.4 is 25.4 Å². The first-order valence-corrected chi connectivity index (χ1v) is 14.0. The topological polar surface area (TPSA) is 106 Å². The molecule has 0 aliphatic carbocycles. The van der Waals surface area contributed by atoms with E-state index in [1.54, 1.807) is 111 Å². The number of carbonyl (C=O) groups is 3. The smallest absolute Gasteiger partial charge is 0.272 e. The van der Waals surface area contributed by atoms with Gasteiger partial charge in [0, 0.05) is 21.8 Å². The van der Waals surface area contributed by atoms with Crippen LogP contribution in [0.5, 0.6) is 11.5 Å². The van der Waals surface area contributed by atoms with Crippen molar-refractivity contribution in [2.75, 3.05) is 24.9 Å². The molecule has 8 nitrogen and oxygen atoms in total. The molecule has 9 heteroatoms. The van der Waals surface area contributed by atoms with Gasteiger partial charge in [-0.05, 0) is 85.3 Å². The van der Waals surface area contributed by atoms with Crippen LogP contribution in [0.3, 0.4) is 0 Å². The van der Waals surface area contributed by atoms with Crippen molar-refractivity contribution in [2.45, 2.75) is 17.1 Å². The lowest BCUT2D eigenvalue weighted by Gasteiger charge is -2.14. The molecular formula is C33H31N3O5S. The number of thioether (sulfide) groups is 1. The molecule has 0 fully saturated rings. The molecule has 0 heterocycles. The number of hydrogen-bond acceptors (Lipinski definition) is 6. The zero-order valence-electron chi connectivity index (χ0n) is 23.4. The van der Waals surface area contributed by atoms with Gasteiger partial charge in [0.15, 0.2) is 0 Å². The van der Waals surface area contributed by atoms with Crippen molar-refractivity contribution in [1.82, 2.24) is 5.32 Å². The molecular weight excluding hydrogens is 550 g/mol. The van der Waals surface area contributed by atoms with Gasteiger partial charge in [-0.1, -0.05) is 36.4 Å². The van der Waals surface area contributed by atoms with Gasteiger partial charge in [-0.3, -0.25) is 14.4 Å². The SMILES string of the molecule is COc1ccc(/C=C(/NC(=O)c2ccccc2)C(=O)Nc2cccc(SC(C)C(=O)Nc3ccc(OC)cc3)c2)cc1. The van der Waals surface area contributed by atoms with Gasteiger partial charge >= 0.3 is 0 Å². The van der Waals surface area contributed by atoms with Gasteiger partial charge in [0.2, 0.25) is 5.91 Å². The Morgan fingerprint density at radius 1 is 0.738 bits per heavy atom. The molecule has 3 N–H and O–H groups in total. The van der Waals surface area contributed by atoms with Gasteiger partial charge < -0.3 is 25.4 Å². The van der Waals surface area contributed by atoms with Crippen LogP contribution in [0.2, 0.25) is 0 Å². The van der Waals surface area contributed by atoms with Crippen molar-refractivity contribution in [3.63, 3.8) is 0 Å². The molecule has 0 aliphatic heterocycles. The standard InChI is InChI=1S/C33H31N3O5S/c1-22(31(37)34-25-14-18-28(41-3)19-15-25)42-29-11-7-10-26(21-29)35-33(39)30(20-23-12-16-27(40-2)17-13-23)36-32(38)24-8-5-4-6-9-24/h4-22H,1-3H3,(H,34,37)(H,35,39)(H,36,38)/b30-20+.